The highest BCUT2D eigenvalue weighted by molar-refractivity contribution is 6.01. The second-order valence-corrected chi connectivity index (χ2v) is 6.13. The number of benzene rings is 3. The van der Waals surface area contributed by atoms with Gasteiger partial charge in [-0.1, -0.05) is 60.7 Å². The van der Waals surface area contributed by atoms with Crippen molar-refractivity contribution in [3.8, 4) is 0 Å². The Morgan fingerprint density at radius 3 is 2.54 bits per heavy atom. The van der Waals surface area contributed by atoms with E-state index in [1.165, 1.54) is 7.11 Å². The van der Waals surface area contributed by atoms with Gasteiger partial charge in [0.05, 0.1) is 18.8 Å². The summed E-state index contributed by atoms with van der Waals surface area (Å²) in [5.41, 5.74) is 2.95. The Balaban J connectivity index is 2.01. The van der Waals surface area contributed by atoms with Crippen molar-refractivity contribution in [2.45, 2.75) is 6.04 Å². The predicted molar refractivity (Wildman–Crippen MR) is 102 cm³/mol. The molecule has 4 nitrogen and oxygen atoms in total. The summed E-state index contributed by atoms with van der Waals surface area (Å²) in [5.74, 6) is 0. The third-order valence-corrected chi connectivity index (χ3v) is 4.72. The fourth-order valence-electron chi connectivity index (χ4n) is 3.58. The van der Waals surface area contributed by atoms with Gasteiger partial charge in [-0.05, 0) is 34.0 Å². The van der Waals surface area contributed by atoms with Gasteiger partial charge in [0.25, 0.3) is 0 Å². The normalized spacial score (nSPS) is 16.0. The van der Waals surface area contributed by atoms with Gasteiger partial charge in [-0.25, -0.2) is 4.79 Å². The smallest absolute Gasteiger partial charge is 0.414 e. The molecule has 26 heavy (non-hydrogen) atoms. The van der Waals surface area contributed by atoms with E-state index in [4.69, 9.17) is 4.74 Å². The van der Waals surface area contributed by atoms with Gasteiger partial charge in [-0.3, -0.25) is 9.69 Å². The van der Waals surface area contributed by atoms with Crippen LogP contribution >= 0.6 is 0 Å². The minimum Gasteiger partial charge on any atom is -0.452 e. The van der Waals surface area contributed by atoms with Crippen molar-refractivity contribution in [1.82, 2.24) is 0 Å². The van der Waals surface area contributed by atoms with Crippen LogP contribution in [-0.2, 0) is 9.53 Å². The van der Waals surface area contributed by atoms with Crippen molar-refractivity contribution in [2.75, 3.05) is 12.0 Å². The van der Waals surface area contributed by atoms with Crippen molar-refractivity contribution < 1.29 is 14.3 Å². The van der Waals surface area contributed by atoms with E-state index in [2.05, 4.69) is 0 Å². The maximum atomic E-state index is 12.7. The number of para-hydroxylation sites is 1. The molecule has 1 aliphatic rings. The predicted octanol–water partition coefficient (Wildman–Crippen LogP) is 4.75. The molecule has 1 amide bonds. The van der Waals surface area contributed by atoms with E-state index in [1.54, 1.807) is 4.90 Å². The zero-order valence-electron chi connectivity index (χ0n) is 14.3. The highest BCUT2D eigenvalue weighted by Gasteiger charge is 2.35. The maximum Gasteiger partial charge on any atom is 0.414 e. The highest BCUT2D eigenvalue weighted by atomic mass is 16.5. The van der Waals surface area contributed by atoms with Crippen LogP contribution in [0.3, 0.4) is 0 Å². The van der Waals surface area contributed by atoms with Gasteiger partial charge in [0.1, 0.15) is 6.29 Å². The first kappa shape index (κ1) is 16.1. The van der Waals surface area contributed by atoms with Crippen LogP contribution in [-0.4, -0.2) is 19.5 Å². The molecule has 4 rings (SSSR count). The van der Waals surface area contributed by atoms with Crippen LogP contribution in [0.2, 0.25) is 0 Å². The fourth-order valence-corrected chi connectivity index (χ4v) is 3.58. The third kappa shape index (κ3) is 2.47. The number of fused-ring (bicyclic) bond motifs is 2. The fraction of sp³-hybridized carbons (Fsp3) is 0.0909. The summed E-state index contributed by atoms with van der Waals surface area (Å²) >= 11 is 0. The van der Waals surface area contributed by atoms with Crippen LogP contribution in [0.4, 0.5) is 10.5 Å². The van der Waals surface area contributed by atoms with E-state index in [-0.39, 0.29) is 0 Å². The number of nitrogens with zero attached hydrogens (tertiary/aromatic N) is 1. The lowest BCUT2D eigenvalue weighted by molar-refractivity contribution is -0.105. The average Bonchev–Trinajstić information content (AvgIpc) is 2.71. The van der Waals surface area contributed by atoms with E-state index < -0.39 is 12.1 Å². The molecule has 0 N–H and O–H groups in total. The Morgan fingerprint density at radius 2 is 1.73 bits per heavy atom. The zero-order chi connectivity index (χ0) is 18.1. The number of rotatable bonds is 2. The lowest BCUT2D eigenvalue weighted by atomic mass is 9.88. The van der Waals surface area contributed by atoms with Crippen LogP contribution in [0.1, 0.15) is 17.2 Å². The van der Waals surface area contributed by atoms with Crippen molar-refractivity contribution in [2.24, 2.45) is 0 Å². The zero-order valence-corrected chi connectivity index (χ0v) is 14.3. The van der Waals surface area contributed by atoms with Crippen LogP contribution < -0.4 is 4.90 Å². The molecule has 0 bridgehead atoms. The molecule has 3 aromatic carbocycles. The first-order valence-corrected chi connectivity index (χ1v) is 8.35. The van der Waals surface area contributed by atoms with E-state index in [0.717, 1.165) is 33.9 Å². The molecule has 4 heteroatoms. The summed E-state index contributed by atoms with van der Waals surface area (Å²) in [6.45, 7) is 0. The molecular weight excluding hydrogens is 326 g/mol. The molecule has 128 valence electrons. The number of hydrogen-bond acceptors (Lipinski definition) is 3. The van der Waals surface area contributed by atoms with Gasteiger partial charge in [-0.2, -0.15) is 0 Å². The monoisotopic (exact) mass is 343 g/mol. The van der Waals surface area contributed by atoms with Gasteiger partial charge in [0.2, 0.25) is 0 Å². The van der Waals surface area contributed by atoms with Crippen LogP contribution in [0.15, 0.2) is 72.3 Å². The standard InChI is InChI=1S/C22H17NO3/c1-26-22(25)23-20-12-5-3-8-16(20)13-17(14-24)21(23)19-11-6-9-15-7-2-4-10-18(15)19/h2-14,21H,1H3/t21-/m1/s1. The largest absolute Gasteiger partial charge is 0.452 e. The Bertz CT molecular complexity index is 1030. The van der Waals surface area contributed by atoms with Crippen molar-refractivity contribution in [3.63, 3.8) is 0 Å². The molecule has 3 aromatic rings. The number of aldehydes is 1. The lowest BCUT2D eigenvalue weighted by Gasteiger charge is -2.35. The summed E-state index contributed by atoms with van der Waals surface area (Å²) in [7, 11) is 1.35. The Morgan fingerprint density at radius 1 is 1.00 bits per heavy atom. The Labute approximate surface area is 151 Å². The molecule has 0 unspecified atom stereocenters. The maximum absolute atomic E-state index is 12.7. The summed E-state index contributed by atoms with van der Waals surface area (Å²) in [4.78, 5) is 26.1. The topological polar surface area (TPSA) is 46.6 Å². The van der Waals surface area contributed by atoms with Crippen LogP contribution in [0.25, 0.3) is 16.8 Å². The summed E-state index contributed by atoms with van der Waals surface area (Å²) in [6.07, 6.45) is 2.16. The molecule has 0 fully saturated rings. The third-order valence-electron chi connectivity index (χ3n) is 4.72. The van der Waals surface area contributed by atoms with Gasteiger partial charge in [-0.15, -0.1) is 0 Å². The molecule has 0 spiro atoms. The summed E-state index contributed by atoms with van der Waals surface area (Å²) < 4.78 is 5.05. The van der Waals surface area contributed by atoms with Gasteiger partial charge >= 0.3 is 6.09 Å². The van der Waals surface area contributed by atoms with Crippen molar-refractivity contribution >= 4 is 34.9 Å². The number of hydrogen-bond donors (Lipinski definition) is 0. The van der Waals surface area contributed by atoms with Crippen LogP contribution in [0.5, 0.6) is 0 Å². The van der Waals surface area contributed by atoms with Gasteiger partial charge in [0.15, 0.2) is 0 Å². The number of carbonyl (C=O) groups is 2. The average molecular weight is 343 g/mol. The number of methoxy groups -OCH3 is 1. The molecule has 0 saturated carbocycles. The minimum absolute atomic E-state index is 0.497. The minimum atomic E-state index is -0.541. The molecule has 0 saturated heterocycles. The Kier molecular flexibility index (Phi) is 4.01. The number of anilines is 1. The summed E-state index contributed by atoms with van der Waals surface area (Å²) in [5, 5.41) is 2.06. The highest BCUT2D eigenvalue weighted by Crippen LogP contribution is 2.42. The van der Waals surface area contributed by atoms with Crippen LogP contribution in [0, 0.1) is 0 Å². The lowest BCUT2D eigenvalue weighted by Crippen LogP contribution is -2.38. The van der Waals surface area contributed by atoms with E-state index in [9.17, 15) is 9.59 Å². The molecule has 1 heterocycles. The SMILES string of the molecule is COC(=O)N1c2ccccc2C=C(C=O)[C@@H]1c1cccc2ccccc12. The van der Waals surface area contributed by atoms with Gasteiger partial charge < -0.3 is 4.74 Å². The first-order valence-electron chi connectivity index (χ1n) is 8.35. The molecule has 0 radical (unpaired) electrons. The molecule has 0 aliphatic carbocycles. The second-order valence-electron chi connectivity index (χ2n) is 6.13. The number of carbonyl (C=O) groups excluding carboxylic acids is 2. The summed E-state index contributed by atoms with van der Waals surface area (Å²) in [6, 6.07) is 20.8. The number of amides is 1. The van der Waals surface area contributed by atoms with E-state index in [1.807, 2.05) is 72.8 Å². The van der Waals surface area contributed by atoms with Crippen molar-refractivity contribution in [3.05, 3.63) is 83.4 Å². The number of ether oxygens (including phenoxy) is 1. The molecular formula is C22H17NO3. The Hall–Kier alpha value is -3.40. The van der Waals surface area contributed by atoms with E-state index in [0.29, 0.717) is 5.57 Å². The van der Waals surface area contributed by atoms with E-state index >= 15 is 0 Å². The second kappa shape index (κ2) is 6.48. The molecule has 0 aromatic heterocycles. The van der Waals surface area contributed by atoms with Crippen molar-refractivity contribution in [1.29, 1.82) is 0 Å². The quantitative estimate of drug-likeness (QED) is 0.631. The molecule has 1 aliphatic heterocycles. The molecule has 1 atom stereocenters. The first-order chi connectivity index (χ1) is 12.7. The van der Waals surface area contributed by atoms with Gasteiger partial charge in [0, 0.05) is 5.57 Å².